The first-order valence-corrected chi connectivity index (χ1v) is 8.49. The minimum Gasteiger partial charge on any atom is -0.352 e. The fourth-order valence-corrected chi connectivity index (χ4v) is 2.94. The molecule has 25 heavy (non-hydrogen) atoms. The Bertz CT molecular complexity index is 991. The number of amides is 1. The molecule has 1 aromatic heterocycles. The molecule has 0 saturated carbocycles. The molecule has 128 valence electrons. The summed E-state index contributed by atoms with van der Waals surface area (Å²) in [5.41, 5.74) is 4.13. The number of carbonyl (C=O) groups is 1. The van der Waals surface area contributed by atoms with Gasteiger partial charge in [-0.1, -0.05) is 23.7 Å². The predicted octanol–water partition coefficient (Wildman–Crippen LogP) is 3.77. The summed E-state index contributed by atoms with van der Waals surface area (Å²) < 4.78 is 0. The van der Waals surface area contributed by atoms with Crippen LogP contribution in [0.4, 0.5) is 0 Å². The van der Waals surface area contributed by atoms with Gasteiger partial charge in [0, 0.05) is 28.1 Å². The number of carbonyl (C=O) groups excluding carboxylic acids is 1. The van der Waals surface area contributed by atoms with Crippen molar-refractivity contribution in [3.63, 3.8) is 0 Å². The number of aryl methyl sites for hydroxylation is 2. The Balaban J connectivity index is 1.74. The number of nitrogens with one attached hydrogen (secondary N) is 2. The van der Waals surface area contributed by atoms with Crippen molar-refractivity contribution in [3.05, 3.63) is 80.1 Å². The lowest BCUT2D eigenvalue weighted by molar-refractivity contribution is 0.0954. The zero-order valence-electron chi connectivity index (χ0n) is 14.2. The van der Waals surface area contributed by atoms with Gasteiger partial charge >= 0.3 is 0 Å². The molecule has 0 saturated heterocycles. The third-order valence-corrected chi connectivity index (χ3v) is 4.56. The van der Waals surface area contributed by atoms with Crippen molar-refractivity contribution < 1.29 is 4.79 Å². The molecule has 0 atom stereocenters. The molecule has 3 rings (SSSR count). The predicted molar refractivity (Wildman–Crippen MR) is 102 cm³/mol. The Morgan fingerprint density at radius 1 is 1.08 bits per heavy atom. The molecule has 0 unspecified atom stereocenters. The molecule has 4 nitrogen and oxygen atoms in total. The number of aromatic amines is 1. The van der Waals surface area contributed by atoms with Crippen molar-refractivity contribution in [2.24, 2.45) is 0 Å². The zero-order valence-corrected chi connectivity index (χ0v) is 14.9. The van der Waals surface area contributed by atoms with E-state index in [1.165, 1.54) is 0 Å². The second-order valence-electron chi connectivity index (χ2n) is 6.12. The van der Waals surface area contributed by atoms with E-state index in [4.69, 9.17) is 11.6 Å². The largest absolute Gasteiger partial charge is 0.352 e. The lowest BCUT2D eigenvalue weighted by Crippen LogP contribution is -2.27. The van der Waals surface area contributed by atoms with Gasteiger partial charge < -0.3 is 10.3 Å². The highest BCUT2D eigenvalue weighted by atomic mass is 35.5. The van der Waals surface area contributed by atoms with Crippen LogP contribution >= 0.6 is 11.6 Å². The lowest BCUT2D eigenvalue weighted by Gasteiger charge is -2.09. The number of benzene rings is 2. The normalized spacial score (nSPS) is 10.8. The minimum absolute atomic E-state index is 0.109. The molecule has 2 N–H and O–H groups in total. The third kappa shape index (κ3) is 3.74. The lowest BCUT2D eigenvalue weighted by atomic mass is 10.0. The van der Waals surface area contributed by atoms with Crippen molar-refractivity contribution in [2.45, 2.75) is 20.3 Å². The minimum atomic E-state index is -0.180. The molecule has 3 aromatic rings. The van der Waals surface area contributed by atoms with E-state index in [0.29, 0.717) is 29.1 Å². The van der Waals surface area contributed by atoms with Crippen LogP contribution in [0, 0.1) is 13.8 Å². The van der Waals surface area contributed by atoms with Crippen LogP contribution in [0.25, 0.3) is 10.9 Å². The van der Waals surface area contributed by atoms with Gasteiger partial charge in [-0.25, -0.2) is 0 Å². The third-order valence-electron chi connectivity index (χ3n) is 4.31. The van der Waals surface area contributed by atoms with E-state index in [9.17, 15) is 9.59 Å². The summed E-state index contributed by atoms with van der Waals surface area (Å²) in [6.07, 6.45) is 0.470. The van der Waals surface area contributed by atoms with Gasteiger partial charge in [0.15, 0.2) is 0 Å². The van der Waals surface area contributed by atoms with Crippen LogP contribution in [0.3, 0.4) is 0 Å². The average molecular weight is 355 g/mol. The Hall–Kier alpha value is -2.59. The van der Waals surface area contributed by atoms with E-state index in [1.54, 1.807) is 24.3 Å². The number of halogens is 1. The van der Waals surface area contributed by atoms with Crippen molar-refractivity contribution in [2.75, 3.05) is 6.54 Å². The number of fused-ring (bicyclic) bond motifs is 1. The second kappa shape index (κ2) is 7.11. The summed E-state index contributed by atoms with van der Waals surface area (Å²) >= 11 is 5.82. The fraction of sp³-hybridized carbons (Fsp3) is 0.200. The molecule has 0 aliphatic rings. The average Bonchev–Trinajstić information content (AvgIpc) is 2.60. The molecule has 2 aromatic carbocycles. The standard InChI is InChI=1S/C20H19ClN2O2/c1-12-3-4-13(2)18-17(12)11-15(20(25)23-18)9-10-22-19(24)14-5-7-16(21)8-6-14/h3-8,11H,9-10H2,1-2H3,(H,22,24)(H,23,25). The van der Waals surface area contributed by atoms with Crippen LogP contribution < -0.4 is 10.9 Å². The van der Waals surface area contributed by atoms with Crippen LogP contribution in [0.1, 0.15) is 27.0 Å². The van der Waals surface area contributed by atoms with Gasteiger partial charge in [-0.05, 0) is 61.7 Å². The monoisotopic (exact) mass is 354 g/mol. The quantitative estimate of drug-likeness (QED) is 0.749. The van der Waals surface area contributed by atoms with Crippen LogP contribution in [-0.2, 0) is 6.42 Å². The highest BCUT2D eigenvalue weighted by Crippen LogP contribution is 2.19. The first-order valence-electron chi connectivity index (χ1n) is 8.11. The Labute approximate surface area is 150 Å². The van der Waals surface area contributed by atoms with Gasteiger partial charge in [0.1, 0.15) is 0 Å². The summed E-state index contributed by atoms with van der Waals surface area (Å²) in [6.45, 7) is 4.39. The topological polar surface area (TPSA) is 62.0 Å². The zero-order chi connectivity index (χ0) is 18.0. The van der Waals surface area contributed by atoms with Crippen LogP contribution in [0.5, 0.6) is 0 Å². The Morgan fingerprint density at radius 2 is 1.76 bits per heavy atom. The molecule has 5 heteroatoms. The van der Waals surface area contributed by atoms with Gasteiger partial charge in [-0.15, -0.1) is 0 Å². The van der Waals surface area contributed by atoms with E-state index in [1.807, 2.05) is 32.0 Å². The number of H-pyrrole nitrogens is 1. The number of hydrogen-bond acceptors (Lipinski definition) is 2. The highest BCUT2D eigenvalue weighted by molar-refractivity contribution is 6.30. The van der Waals surface area contributed by atoms with Crippen molar-refractivity contribution in [3.8, 4) is 0 Å². The maximum atomic E-state index is 12.3. The van der Waals surface area contributed by atoms with E-state index in [-0.39, 0.29) is 11.5 Å². The molecule has 0 bridgehead atoms. The molecule has 0 aliphatic carbocycles. The number of pyridine rings is 1. The van der Waals surface area contributed by atoms with E-state index >= 15 is 0 Å². The van der Waals surface area contributed by atoms with Gasteiger partial charge in [-0.2, -0.15) is 0 Å². The highest BCUT2D eigenvalue weighted by Gasteiger charge is 2.09. The van der Waals surface area contributed by atoms with Gasteiger partial charge in [-0.3, -0.25) is 9.59 Å². The Kier molecular flexibility index (Phi) is 4.91. The number of aromatic nitrogens is 1. The first kappa shape index (κ1) is 17.2. The van der Waals surface area contributed by atoms with E-state index < -0.39 is 0 Å². The molecule has 1 amide bonds. The first-order chi connectivity index (χ1) is 12.0. The summed E-state index contributed by atoms with van der Waals surface area (Å²) in [6, 6.07) is 12.7. The maximum absolute atomic E-state index is 12.3. The van der Waals surface area contributed by atoms with Crippen LogP contribution in [0.15, 0.2) is 47.3 Å². The number of hydrogen-bond donors (Lipinski definition) is 2. The maximum Gasteiger partial charge on any atom is 0.251 e. The second-order valence-corrected chi connectivity index (χ2v) is 6.56. The molecule has 0 fully saturated rings. The molecule has 0 spiro atoms. The SMILES string of the molecule is Cc1ccc(C)c2[nH]c(=O)c(CCNC(=O)c3ccc(Cl)cc3)cc12. The van der Waals surface area contributed by atoms with Gasteiger partial charge in [0.25, 0.3) is 11.5 Å². The van der Waals surface area contributed by atoms with Crippen molar-refractivity contribution in [1.82, 2.24) is 10.3 Å². The van der Waals surface area contributed by atoms with Gasteiger partial charge in [0.05, 0.1) is 5.52 Å². The van der Waals surface area contributed by atoms with Gasteiger partial charge in [0.2, 0.25) is 0 Å². The van der Waals surface area contributed by atoms with E-state index in [2.05, 4.69) is 10.3 Å². The molecule has 0 aliphatic heterocycles. The fourth-order valence-electron chi connectivity index (χ4n) is 2.82. The van der Waals surface area contributed by atoms with Crippen molar-refractivity contribution in [1.29, 1.82) is 0 Å². The van der Waals surface area contributed by atoms with E-state index in [0.717, 1.165) is 22.0 Å². The summed E-state index contributed by atoms with van der Waals surface area (Å²) in [5.74, 6) is -0.180. The van der Waals surface area contributed by atoms with Crippen LogP contribution in [-0.4, -0.2) is 17.4 Å². The summed E-state index contributed by atoms with van der Waals surface area (Å²) in [4.78, 5) is 27.4. The number of rotatable bonds is 4. The van der Waals surface area contributed by atoms with Crippen molar-refractivity contribution >= 4 is 28.4 Å². The Morgan fingerprint density at radius 3 is 2.48 bits per heavy atom. The molecule has 0 radical (unpaired) electrons. The summed E-state index contributed by atoms with van der Waals surface area (Å²) in [7, 11) is 0. The smallest absolute Gasteiger partial charge is 0.251 e. The molecular weight excluding hydrogens is 336 g/mol. The molecular formula is C20H19ClN2O2. The van der Waals surface area contributed by atoms with Crippen LogP contribution in [0.2, 0.25) is 5.02 Å². The molecule has 1 heterocycles. The summed E-state index contributed by atoms with van der Waals surface area (Å²) in [5, 5.41) is 4.46.